The molecule has 1 amide bonds. The van der Waals surface area contributed by atoms with Gasteiger partial charge in [0, 0.05) is 30.1 Å². The van der Waals surface area contributed by atoms with E-state index in [1.165, 1.54) is 18.4 Å². The highest BCUT2D eigenvalue weighted by atomic mass is 32.1. The Balaban J connectivity index is 2.15. The molecule has 0 aliphatic heterocycles. The summed E-state index contributed by atoms with van der Waals surface area (Å²) in [6, 6.07) is 17.1. The number of fused-ring (bicyclic) bond motifs is 1. The molecule has 0 bridgehead atoms. The molecule has 0 radical (unpaired) electrons. The van der Waals surface area contributed by atoms with E-state index in [2.05, 4.69) is 11.1 Å². The van der Waals surface area contributed by atoms with Gasteiger partial charge in [0.25, 0.3) is 5.56 Å². The van der Waals surface area contributed by atoms with Crippen LogP contribution < -0.4 is 10.5 Å². The number of amides is 1. The Kier molecular flexibility index (Phi) is 6.22. The van der Waals surface area contributed by atoms with Crippen molar-refractivity contribution in [2.24, 2.45) is 5.92 Å². The van der Waals surface area contributed by atoms with Gasteiger partial charge in [-0.15, -0.1) is 11.3 Å². The van der Waals surface area contributed by atoms with E-state index in [0.29, 0.717) is 44.3 Å². The van der Waals surface area contributed by atoms with Gasteiger partial charge >= 0.3 is 6.09 Å². The molecule has 4 rings (SSSR count). The third-order valence-electron chi connectivity index (χ3n) is 5.60. The summed E-state index contributed by atoms with van der Waals surface area (Å²) in [5.41, 5.74) is 2.65. The first-order valence-corrected chi connectivity index (χ1v) is 11.6. The number of aromatic nitrogens is 2. The van der Waals surface area contributed by atoms with Gasteiger partial charge in [-0.3, -0.25) is 14.3 Å². The van der Waals surface area contributed by atoms with Crippen LogP contribution in [0.3, 0.4) is 0 Å². The van der Waals surface area contributed by atoms with Crippen LogP contribution in [0.2, 0.25) is 0 Å². The molecule has 7 nitrogen and oxygen atoms in total. The van der Waals surface area contributed by atoms with Crippen molar-refractivity contribution in [2.75, 3.05) is 11.9 Å². The highest BCUT2D eigenvalue weighted by molar-refractivity contribution is 7.15. The fourth-order valence-electron chi connectivity index (χ4n) is 4.05. The van der Waals surface area contributed by atoms with Crippen LogP contribution in [0.5, 0.6) is 0 Å². The molecule has 2 aromatic carbocycles. The maximum atomic E-state index is 13.6. The maximum Gasteiger partial charge on any atom is 0.412 e. The van der Waals surface area contributed by atoms with Gasteiger partial charge in [0.2, 0.25) is 0 Å². The van der Waals surface area contributed by atoms with E-state index in [0.717, 1.165) is 16.0 Å². The molecule has 0 aliphatic carbocycles. The summed E-state index contributed by atoms with van der Waals surface area (Å²) in [6.45, 7) is 6.15. The standard InChI is InChI=1S/C26H24N4O3S/c1-15(2)14-30-24(29(4)26(32)33)22(17-8-6-5-7-9-17)20-12-18(10-11-19(20)25(30)31)23-28-16(3)21(13-27)34-23/h5-12,15H,14H2,1-4H3,(H,32,33). The minimum atomic E-state index is -1.15. The second-order valence-electron chi connectivity index (χ2n) is 8.52. The number of pyridine rings is 1. The average molecular weight is 473 g/mol. The highest BCUT2D eigenvalue weighted by Crippen LogP contribution is 2.38. The Morgan fingerprint density at radius 2 is 1.88 bits per heavy atom. The summed E-state index contributed by atoms with van der Waals surface area (Å²) in [4.78, 5) is 31.9. The van der Waals surface area contributed by atoms with Crippen LogP contribution in [0.25, 0.3) is 32.5 Å². The SMILES string of the molecule is Cc1nc(-c2ccc3c(=O)n(CC(C)C)c(N(C)C(=O)O)c(-c4ccccc4)c3c2)sc1C#N. The minimum Gasteiger partial charge on any atom is -0.465 e. The van der Waals surface area contributed by atoms with Crippen molar-refractivity contribution in [2.45, 2.75) is 27.3 Å². The quantitative estimate of drug-likeness (QED) is 0.399. The molecular weight excluding hydrogens is 448 g/mol. The normalized spacial score (nSPS) is 11.1. The molecule has 0 aliphatic rings. The predicted octanol–water partition coefficient (Wildman–Crippen LogP) is 5.74. The molecule has 34 heavy (non-hydrogen) atoms. The number of benzene rings is 2. The summed E-state index contributed by atoms with van der Waals surface area (Å²) in [5.74, 6) is 0.455. The van der Waals surface area contributed by atoms with E-state index in [-0.39, 0.29) is 11.5 Å². The topological polar surface area (TPSA) is 99.2 Å². The van der Waals surface area contributed by atoms with Crippen molar-refractivity contribution in [1.82, 2.24) is 9.55 Å². The molecule has 1 N–H and O–H groups in total. The lowest BCUT2D eigenvalue weighted by molar-refractivity contribution is 0.203. The minimum absolute atomic E-state index is 0.127. The largest absolute Gasteiger partial charge is 0.465 e. The molecule has 0 saturated carbocycles. The van der Waals surface area contributed by atoms with E-state index >= 15 is 0 Å². The number of hydrogen-bond donors (Lipinski definition) is 1. The maximum absolute atomic E-state index is 13.6. The number of carboxylic acid groups (broad SMARTS) is 1. The average Bonchev–Trinajstić information content (AvgIpc) is 3.20. The van der Waals surface area contributed by atoms with Crippen molar-refractivity contribution in [1.29, 1.82) is 5.26 Å². The Morgan fingerprint density at radius 3 is 2.47 bits per heavy atom. The number of nitriles is 1. The van der Waals surface area contributed by atoms with Crippen LogP contribution in [0.4, 0.5) is 10.6 Å². The predicted molar refractivity (Wildman–Crippen MR) is 135 cm³/mol. The van der Waals surface area contributed by atoms with Crippen LogP contribution in [0, 0.1) is 24.2 Å². The zero-order valence-corrected chi connectivity index (χ0v) is 20.2. The zero-order chi connectivity index (χ0) is 24.6. The molecule has 4 aromatic rings. The number of anilines is 1. The first-order valence-electron chi connectivity index (χ1n) is 10.8. The van der Waals surface area contributed by atoms with Gasteiger partial charge in [-0.2, -0.15) is 5.26 Å². The second-order valence-corrected chi connectivity index (χ2v) is 9.52. The number of carbonyl (C=O) groups is 1. The fraction of sp³-hybridized carbons (Fsp3) is 0.231. The summed E-state index contributed by atoms with van der Waals surface area (Å²) >= 11 is 1.29. The molecule has 2 heterocycles. The van der Waals surface area contributed by atoms with Crippen LogP contribution >= 0.6 is 11.3 Å². The molecule has 0 fully saturated rings. The first kappa shape index (κ1) is 23.2. The first-order chi connectivity index (χ1) is 16.2. The lowest BCUT2D eigenvalue weighted by Gasteiger charge is -2.26. The molecule has 0 atom stereocenters. The molecular formula is C26H24N4O3S. The van der Waals surface area contributed by atoms with Crippen molar-refractivity contribution in [3.05, 3.63) is 69.5 Å². The molecule has 0 spiro atoms. The fourth-order valence-corrected chi connectivity index (χ4v) is 4.91. The van der Waals surface area contributed by atoms with Crippen molar-refractivity contribution < 1.29 is 9.90 Å². The number of hydrogen-bond acceptors (Lipinski definition) is 5. The van der Waals surface area contributed by atoms with E-state index < -0.39 is 6.09 Å². The zero-order valence-electron chi connectivity index (χ0n) is 19.4. The van der Waals surface area contributed by atoms with Crippen molar-refractivity contribution in [3.8, 4) is 27.8 Å². The molecule has 172 valence electrons. The molecule has 0 saturated heterocycles. The van der Waals surface area contributed by atoms with Gasteiger partial charge in [0.15, 0.2) is 0 Å². The van der Waals surface area contributed by atoms with Gasteiger partial charge in [-0.1, -0.05) is 50.2 Å². The summed E-state index contributed by atoms with van der Waals surface area (Å²) in [5, 5.41) is 21.1. The monoisotopic (exact) mass is 472 g/mol. The van der Waals surface area contributed by atoms with Gasteiger partial charge in [0.1, 0.15) is 21.8 Å². The van der Waals surface area contributed by atoms with E-state index in [9.17, 15) is 20.0 Å². The third-order valence-corrected chi connectivity index (χ3v) is 6.71. The number of rotatable bonds is 5. The Morgan fingerprint density at radius 1 is 1.18 bits per heavy atom. The highest BCUT2D eigenvalue weighted by Gasteiger charge is 2.25. The third kappa shape index (κ3) is 4.06. The molecule has 8 heteroatoms. The number of thiazole rings is 1. The van der Waals surface area contributed by atoms with Crippen LogP contribution in [-0.2, 0) is 6.54 Å². The summed E-state index contributed by atoms with van der Waals surface area (Å²) < 4.78 is 1.56. The second kappa shape index (κ2) is 9.12. The van der Waals surface area contributed by atoms with Crippen LogP contribution in [-0.4, -0.2) is 27.8 Å². The van der Waals surface area contributed by atoms with E-state index in [4.69, 9.17) is 0 Å². The summed E-state index contributed by atoms with van der Waals surface area (Å²) in [6.07, 6.45) is -1.15. The van der Waals surface area contributed by atoms with E-state index in [1.54, 1.807) is 17.6 Å². The Hall–Kier alpha value is -3.96. The Bertz CT molecular complexity index is 1500. The van der Waals surface area contributed by atoms with Gasteiger partial charge in [-0.05, 0) is 35.9 Å². The smallest absolute Gasteiger partial charge is 0.412 e. The van der Waals surface area contributed by atoms with Gasteiger partial charge in [0.05, 0.1) is 5.69 Å². The van der Waals surface area contributed by atoms with Crippen molar-refractivity contribution >= 4 is 34.0 Å². The van der Waals surface area contributed by atoms with Crippen molar-refractivity contribution in [3.63, 3.8) is 0 Å². The summed E-state index contributed by atoms with van der Waals surface area (Å²) in [7, 11) is 1.46. The van der Waals surface area contributed by atoms with Gasteiger partial charge in [-0.25, -0.2) is 9.78 Å². The van der Waals surface area contributed by atoms with Crippen LogP contribution in [0.15, 0.2) is 53.3 Å². The van der Waals surface area contributed by atoms with E-state index in [1.807, 2.05) is 56.3 Å². The van der Waals surface area contributed by atoms with Crippen LogP contribution in [0.1, 0.15) is 24.4 Å². The lowest BCUT2D eigenvalue weighted by atomic mass is 9.97. The molecule has 0 unspecified atom stereocenters. The number of aryl methyl sites for hydroxylation is 1. The Labute approximate surface area is 201 Å². The number of nitrogens with zero attached hydrogens (tertiary/aromatic N) is 4. The lowest BCUT2D eigenvalue weighted by Crippen LogP contribution is -2.34. The molecule has 2 aromatic heterocycles. The van der Waals surface area contributed by atoms with Gasteiger partial charge < -0.3 is 5.11 Å².